The Morgan fingerprint density at radius 1 is 1.17 bits per heavy atom. The Morgan fingerprint density at radius 2 is 1.65 bits per heavy atom. The summed E-state index contributed by atoms with van der Waals surface area (Å²) in [7, 11) is -1.54. The monoisotopic (exact) mass is 348 g/mol. The normalized spacial score (nSPS) is 12.1. The van der Waals surface area contributed by atoms with Crippen LogP contribution in [0.2, 0.25) is 0 Å². The van der Waals surface area contributed by atoms with Crippen molar-refractivity contribution in [2.45, 2.75) is 34.6 Å². The first-order chi connectivity index (χ1) is 10.8. The average molecular weight is 348 g/mol. The molecule has 134 valence electrons. The van der Waals surface area contributed by atoms with Crippen molar-refractivity contribution in [3.63, 3.8) is 0 Å². The van der Waals surface area contributed by atoms with E-state index in [9.17, 15) is 4.57 Å². The third-order valence-electron chi connectivity index (χ3n) is 2.33. The average Bonchev–Trinajstić information content (AvgIpc) is 2.44. The smallest absolute Gasteiger partial charge is 0.335 e. The van der Waals surface area contributed by atoms with Crippen molar-refractivity contribution < 1.29 is 28.3 Å². The molecule has 0 fully saturated rings. The van der Waals surface area contributed by atoms with Crippen LogP contribution in [0.4, 0.5) is 0 Å². The van der Waals surface area contributed by atoms with E-state index in [0.29, 0.717) is 19.0 Å². The number of hydrogen-bond donors (Lipinski definition) is 1. The maximum Gasteiger partial charge on any atom is 0.335 e. The van der Waals surface area contributed by atoms with Gasteiger partial charge in [-0.15, -0.1) is 0 Å². The zero-order valence-electron chi connectivity index (χ0n) is 14.9. The highest BCUT2D eigenvalue weighted by molar-refractivity contribution is 7.54. The molecule has 0 atom stereocenters. The standard InChI is InChI=1S/C15H27O4P.CH2O2/c1-7-10-15(17-6)14(11-13(4)5)12-20(16,18-8-2)19-9-3;2-1-3/h7,10-11H,8-9,12H2,1-6H3;1H,(H,2,3)/b10-7-,15-14-;. The Kier molecular flexibility index (Phi) is 14.8. The SMILES string of the molecule is C/C=C\C(OC)=C(/C=C(C)C)CP(=O)(OCC)OCC.O=CO. The van der Waals surface area contributed by atoms with Gasteiger partial charge in [0.1, 0.15) is 5.76 Å². The summed E-state index contributed by atoms with van der Waals surface area (Å²) in [6, 6.07) is 0. The number of allylic oxidation sites excluding steroid dienone is 5. The molecule has 0 aromatic carbocycles. The number of hydrogen-bond acceptors (Lipinski definition) is 5. The fourth-order valence-electron chi connectivity index (χ4n) is 1.73. The Balaban J connectivity index is 0. The summed E-state index contributed by atoms with van der Waals surface area (Å²) in [5, 5.41) is 6.89. The van der Waals surface area contributed by atoms with E-state index in [1.165, 1.54) is 0 Å². The lowest BCUT2D eigenvalue weighted by Crippen LogP contribution is -2.04. The van der Waals surface area contributed by atoms with Crippen LogP contribution in [0.25, 0.3) is 0 Å². The molecule has 0 spiro atoms. The van der Waals surface area contributed by atoms with E-state index in [1.807, 2.05) is 39.0 Å². The van der Waals surface area contributed by atoms with Gasteiger partial charge >= 0.3 is 7.60 Å². The molecule has 1 N–H and O–H groups in total. The minimum Gasteiger partial charge on any atom is -0.496 e. The molecule has 0 aliphatic rings. The van der Waals surface area contributed by atoms with Gasteiger partial charge < -0.3 is 18.9 Å². The van der Waals surface area contributed by atoms with Crippen LogP contribution < -0.4 is 0 Å². The van der Waals surface area contributed by atoms with Crippen LogP contribution in [0.5, 0.6) is 0 Å². The molecule has 0 aromatic rings. The minimum atomic E-state index is -3.14. The van der Waals surface area contributed by atoms with Crippen molar-refractivity contribution in [3.8, 4) is 0 Å². The van der Waals surface area contributed by atoms with Crippen molar-refractivity contribution in [1.82, 2.24) is 0 Å². The van der Waals surface area contributed by atoms with Gasteiger partial charge in [0.2, 0.25) is 0 Å². The van der Waals surface area contributed by atoms with Crippen molar-refractivity contribution in [2.75, 3.05) is 26.5 Å². The summed E-state index contributed by atoms with van der Waals surface area (Å²) in [6.45, 7) is 9.93. The topological polar surface area (TPSA) is 82.1 Å². The van der Waals surface area contributed by atoms with E-state index in [-0.39, 0.29) is 12.6 Å². The Bertz CT molecular complexity index is 451. The third kappa shape index (κ3) is 11.8. The van der Waals surface area contributed by atoms with Crippen LogP contribution >= 0.6 is 7.60 Å². The quantitative estimate of drug-likeness (QED) is 0.288. The van der Waals surface area contributed by atoms with E-state index in [1.54, 1.807) is 21.0 Å². The maximum atomic E-state index is 12.6. The Morgan fingerprint density at radius 3 is 1.96 bits per heavy atom. The molecule has 0 unspecified atom stereocenters. The number of methoxy groups -OCH3 is 1. The number of carbonyl (C=O) groups is 1. The van der Waals surface area contributed by atoms with Crippen LogP contribution in [-0.4, -0.2) is 38.1 Å². The van der Waals surface area contributed by atoms with Gasteiger partial charge in [-0.05, 0) is 40.7 Å². The number of ether oxygens (including phenoxy) is 1. The minimum absolute atomic E-state index is 0.202. The summed E-state index contributed by atoms with van der Waals surface area (Å²) in [6.07, 6.45) is 5.87. The molecule has 0 aliphatic heterocycles. The third-order valence-corrected chi connectivity index (χ3v) is 4.36. The molecule has 0 aliphatic carbocycles. The highest BCUT2D eigenvalue weighted by Crippen LogP contribution is 2.50. The first kappa shape index (κ1) is 23.9. The second-order valence-corrected chi connectivity index (χ2v) is 6.58. The number of rotatable bonds is 9. The van der Waals surface area contributed by atoms with Gasteiger partial charge in [0.15, 0.2) is 0 Å². The molecule has 0 heterocycles. The van der Waals surface area contributed by atoms with Crippen molar-refractivity contribution in [1.29, 1.82) is 0 Å². The van der Waals surface area contributed by atoms with E-state index >= 15 is 0 Å². The Hall–Kier alpha value is -1.36. The summed E-state index contributed by atoms with van der Waals surface area (Å²) in [5.74, 6) is 0.674. The second kappa shape index (κ2) is 14.2. The molecule has 7 heteroatoms. The largest absolute Gasteiger partial charge is 0.496 e. The van der Waals surface area contributed by atoms with Gasteiger partial charge in [-0.2, -0.15) is 0 Å². The van der Waals surface area contributed by atoms with Crippen LogP contribution in [-0.2, 0) is 23.1 Å². The molecule has 0 saturated carbocycles. The first-order valence-corrected chi connectivity index (χ1v) is 9.07. The molecule has 0 radical (unpaired) electrons. The van der Waals surface area contributed by atoms with Crippen LogP contribution in [0.15, 0.2) is 35.1 Å². The highest BCUT2D eigenvalue weighted by atomic mass is 31.2. The van der Waals surface area contributed by atoms with Crippen LogP contribution in [0.1, 0.15) is 34.6 Å². The highest BCUT2D eigenvalue weighted by Gasteiger charge is 2.26. The van der Waals surface area contributed by atoms with Gasteiger partial charge in [0.05, 0.1) is 26.5 Å². The molecule has 0 saturated heterocycles. The van der Waals surface area contributed by atoms with Gasteiger partial charge in [-0.1, -0.05) is 17.7 Å². The van der Waals surface area contributed by atoms with Gasteiger partial charge in [0.25, 0.3) is 6.47 Å². The van der Waals surface area contributed by atoms with Gasteiger partial charge in [-0.25, -0.2) is 0 Å². The van der Waals surface area contributed by atoms with E-state index in [4.69, 9.17) is 23.7 Å². The summed E-state index contributed by atoms with van der Waals surface area (Å²) < 4.78 is 28.7. The molecule has 6 nitrogen and oxygen atoms in total. The zero-order chi connectivity index (χ0) is 18.3. The molecule has 0 bridgehead atoms. The maximum absolute atomic E-state index is 12.6. The summed E-state index contributed by atoms with van der Waals surface area (Å²) in [5.41, 5.74) is 1.91. The summed E-state index contributed by atoms with van der Waals surface area (Å²) in [4.78, 5) is 8.36. The van der Waals surface area contributed by atoms with Crippen LogP contribution in [0, 0.1) is 0 Å². The lowest BCUT2D eigenvalue weighted by Gasteiger charge is -2.19. The zero-order valence-corrected chi connectivity index (χ0v) is 15.8. The summed E-state index contributed by atoms with van der Waals surface area (Å²) >= 11 is 0. The fourth-order valence-corrected chi connectivity index (χ4v) is 3.44. The number of carboxylic acid groups (broad SMARTS) is 1. The Labute approximate surface area is 139 Å². The lowest BCUT2D eigenvalue weighted by molar-refractivity contribution is -0.122. The molecular formula is C16H29O6P. The first-order valence-electron chi connectivity index (χ1n) is 7.34. The second-order valence-electron chi connectivity index (χ2n) is 4.53. The van der Waals surface area contributed by atoms with E-state index < -0.39 is 7.60 Å². The van der Waals surface area contributed by atoms with Crippen molar-refractivity contribution >= 4 is 14.1 Å². The predicted octanol–water partition coefficient (Wildman–Crippen LogP) is 4.40. The molecule has 23 heavy (non-hydrogen) atoms. The van der Waals surface area contributed by atoms with Gasteiger partial charge in [-0.3, -0.25) is 9.36 Å². The molecule has 0 rings (SSSR count). The van der Waals surface area contributed by atoms with Crippen molar-refractivity contribution in [3.05, 3.63) is 35.1 Å². The van der Waals surface area contributed by atoms with Crippen molar-refractivity contribution in [2.24, 2.45) is 0 Å². The molecular weight excluding hydrogens is 319 g/mol. The van der Waals surface area contributed by atoms with E-state index in [2.05, 4.69) is 0 Å². The van der Waals surface area contributed by atoms with Crippen LogP contribution in [0.3, 0.4) is 0 Å². The van der Waals surface area contributed by atoms with Gasteiger partial charge in [0, 0.05) is 5.57 Å². The lowest BCUT2D eigenvalue weighted by atomic mass is 10.1. The molecule has 0 aromatic heterocycles. The van der Waals surface area contributed by atoms with E-state index in [0.717, 1.165) is 11.1 Å². The fraction of sp³-hybridized carbons (Fsp3) is 0.562. The molecule has 0 amide bonds. The predicted molar refractivity (Wildman–Crippen MR) is 92.7 cm³/mol.